The molecular weight excluding hydrogens is 232 g/mol. The second-order valence-corrected chi connectivity index (χ2v) is 6.02. The Morgan fingerprint density at radius 2 is 2.18 bits per heavy atom. The van der Waals surface area contributed by atoms with E-state index in [-0.39, 0.29) is 0 Å². The molecule has 4 nitrogen and oxygen atoms in total. The number of piperidine rings is 1. The summed E-state index contributed by atoms with van der Waals surface area (Å²) in [6.07, 6.45) is 5.56. The predicted molar refractivity (Wildman–Crippen MR) is 68.9 cm³/mol. The highest BCUT2D eigenvalue weighted by atomic mass is 32.1. The molecule has 1 N–H and O–H groups in total. The molecule has 3 heterocycles. The fourth-order valence-electron chi connectivity index (χ4n) is 3.36. The second-order valence-electron chi connectivity index (χ2n) is 5.42. The molecule has 2 unspecified atom stereocenters. The van der Waals surface area contributed by atoms with Crippen molar-refractivity contribution < 1.29 is 0 Å². The fourth-order valence-corrected chi connectivity index (χ4v) is 3.81. The lowest BCUT2D eigenvalue weighted by atomic mass is 9.91. The highest BCUT2D eigenvalue weighted by molar-refractivity contribution is 7.03. The third kappa shape index (κ3) is 2.51. The van der Waals surface area contributed by atoms with Crippen LogP contribution in [0.15, 0.2) is 5.38 Å². The first kappa shape index (κ1) is 11.6. The van der Waals surface area contributed by atoms with Crippen LogP contribution in [0.2, 0.25) is 0 Å². The van der Waals surface area contributed by atoms with E-state index in [1.165, 1.54) is 37.2 Å². The van der Waals surface area contributed by atoms with E-state index in [2.05, 4.69) is 26.9 Å². The number of hydrogen-bond acceptors (Lipinski definition) is 5. The van der Waals surface area contributed by atoms with Crippen molar-refractivity contribution in [1.29, 1.82) is 0 Å². The van der Waals surface area contributed by atoms with E-state index in [1.807, 2.05) is 5.38 Å². The van der Waals surface area contributed by atoms with Crippen LogP contribution >= 0.6 is 11.5 Å². The van der Waals surface area contributed by atoms with Gasteiger partial charge in [-0.1, -0.05) is 4.49 Å². The third-order valence-electron chi connectivity index (χ3n) is 4.34. The molecule has 1 aromatic rings. The molecule has 1 aromatic heterocycles. The summed E-state index contributed by atoms with van der Waals surface area (Å²) in [4.78, 5) is 2.60. The van der Waals surface area contributed by atoms with E-state index in [0.717, 1.165) is 36.8 Å². The first-order valence-electron chi connectivity index (χ1n) is 6.51. The number of aromatic nitrogens is 2. The Morgan fingerprint density at radius 1 is 1.41 bits per heavy atom. The van der Waals surface area contributed by atoms with Crippen molar-refractivity contribution >= 4 is 11.5 Å². The van der Waals surface area contributed by atoms with Gasteiger partial charge in [0.05, 0.1) is 5.69 Å². The first-order chi connectivity index (χ1) is 8.33. The Hall–Kier alpha value is -0.520. The summed E-state index contributed by atoms with van der Waals surface area (Å²) >= 11 is 1.43. The number of rotatable bonds is 4. The van der Waals surface area contributed by atoms with Crippen molar-refractivity contribution in [3.05, 3.63) is 11.1 Å². The minimum absolute atomic E-state index is 0.849. The van der Waals surface area contributed by atoms with Crippen LogP contribution in [0, 0.1) is 5.92 Å². The van der Waals surface area contributed by atoms with Crippen molar-refractivity contribution in [2.75, 3.05) is 13.6 Å². The van der Waals surface area contributed by atoms with Gasteiger partial charge >= 0.3 is 0 Å². The minimum Gasteiger partial charge on any atom is -0.311 e. The van der Waals surface area contributed by atoms with Gasteiger partial charge in [0.25, 0.3) is 0 Å². The zero-order chi connectivity index (χ0) is 11.7. The van der Waals surface area contributed by atoms with Crippen LogP contribution in [0.1, 0.15) is 31.4 Å². The third-order valence-corrected chi connectivity index (χ3v) is 4.89. The van der Waals surface area contributed by atoms with Gasteiger partial charge < -0.3 is 10.2 Å². The van der Waals surface area contributed by atoms with Gasteiger partial charge in [-0.15, -0.1) is 5.10 Å². The van der Waals surface area contributed by atoms with Crippen LogP contribution in [-0.4, -0.2) is 40.2 Å². The molecule has 2 atom stereocenters. The summed E-state index contributed by atoms with van der Waals surface area (Å²) < 4.78 is 3.88. The van der Waals surface area contributed by atoms with Crippen LogP contribution in [0.3, 0.4) is 0 Å². The van der Waals surface area contributed by atoms with Crippen LogP contribution in [0.4, 0.5) is 0 Å². The molecule has 2 bridgehead atoms. The van der Waals surface area contributed by atoms with Crippen LogP contribution in [-0.2, 0) is 6.54 Å². The summed E-state index contributed by atoms with van der Waals surface area (Å²) in [6, 6.07) is 1.70. The quantitative estimate of drug-likeness (QED) is 0.882. The SMILES string of the molecule is CN1C2CCC1CC(CNCc1csnn1)C2. The minimum atomic E-state index is 0.849. The molecule has 0 spiro atoms. The normalized spacial score (nSPS) is 33.1. The molecule has 3 rings (SSSR count). The summed E-state index contributed by atoms with van der Waals surface area (Å²) in [5, 5.41) is 9.60. The lowest BCUT2D eigenvalue weighted by Gasteiger charge is -2.36. The molecular formula is C12H20N4S. The topological polar surface area (TPSA) is 41.0 Å². The monoisotopic (exact) mass is 252 g/mol. The Bertz CT molecular complexity index is 339. The Morgan fingerprint density at radius 3 is 2.82 bits per heavy atom. The molecule has 0 aliphatic carbocycles. The Balaban J connectivity index is 1.44. The molecule has 17 heavy (non-hydrogen) atoms. The largest absolute Gasteiger partial charge is 0.311 e. The van der Waals surface area contributed by atoms with Crippen molar-refractivity contribution in [2.24, 2.45) is 5.92 Å². The maximum Gasteiger partial charge on any atom is 0.0893 e. The van der Waals surface area contributed by atoms with Crippen LogP contribution in [0.25, 0.3) is 0 Å². The van der Waals surface area contributed by atoms with Crippen LogP contribution < -0.4 is 5.32 Å². The average molecular weight is 252 g/mol. The van der Waals surface area contributed by atoms with Crippen molar-refractivity contribution in [3.8, 4) is 0 Å². The Kier molecular flexibility index (Phi) is 3.40. The molecule has 2 fully saturated rings. The zero-order valence-corrected chi connectivity index (χ0v) is 11.1. The number of nitrogens with zero attached hydrogens (tertiary/aromatic N) is 3. The second kappa shape index (κ2) is 5.00. The smallest absolute Gasteiger partial charge is 0.0893 e. The highest BCUT2D eigenvalue weighted by Gasteiger charge is 2.37. The molecule has 2 saturated heterocycles. The fraction of sp³-hybridized carbons (Fsp3) is 0.833. The van der Waals surface area contributed by atoms with Gasteiger partial charge in [-0.3, -0.25) is 0 Å². The highest BCUT2D eigenvalue weighted by Crippen LogP contribution is 2.36. The van der Waals surface area contributed by atoms with E-state index in [0.29, 0.717) is 0 Å². The maximum atomic E-state index is 4.05. The Labute approximate surface area is 107 Å². The molecule has 0 saturated carbocycles. The van der Waals surface area contributed by atoms with Crippen molar-refractivity contribution in [1.82, 2.24) is 19.8 Å². The van der Waals surface area contributed by atoms with Gasteiger partial charge in [-0.2, -0.15) is 0 Å². The summed E-state index contributed by atoms with van der Waals surface area (Å²) in [5.41, 5.74) is 1.07. The van der Waals surface area contributed by atoms with E-state index in [4.69, 9.17) is 0 Å². The van der Waals surface area contributed by atoms with E-state index < -0.39 is 0 Å². The van der Waals surface area contributed by atoms with E-state index in [9.17, 15) is 0 Å². The number of nitrogens with one attached hydrogen (secondary N) is 1. The zero-order valence-electron chi connectivity index (χ0n) is 10.3. The summed E-state index contributed by atoms with van der Waals surface area (Å²) in [6.45, 7) is 2.01. The van der Waals surface area contributed by atoms with Crippen molar-refractivity contribution in [2.45, 2.75) is 44.3 Å². The molecule has 0 aromatic carbocycles. The van der Waals surface area contributed by atoms with Gasteiger partial charge in [0.15, 0.2) is 0 Å². The molecule has 2 aliphatic rings. The van der Waals surface area contributed by atoms with Gasteiger partial charge in [-0.05, 0) is 56.7 Å². The molecule has 5 heteroatoms. The maximum absolute atomic E-state index is 4.05. The number of hydrogen-bond donors (Lipinski definition) is 1. The molecule has 0 radical (unpaired) electrons. The molecule has 94 valence electrons. The molecule has 0 amide bonds. The van der Waals surface area contributed by atoms with Crippen LogP contribution in [0.5, 0.6) is 0 Å². The van der Waals surface area contributed by atoms with Gasteiger partial charge in [0.1, 0.15) is 0 Å². The number of fused-ring (bicyclic) bond motifs is 2. The molecule has 2 aliphatic heterocycles. The summed E-state index contributed by atoms with van der Waals surface area (Å²) in [5.74, 6) is 0.857. The van der Waals surface area contributed by atoms with Gasteiger partial charge in [0, 0.05) is 24.0 Å². The average Bonchev–Trinajstić information content (AvgIpc) is 2.87. The predicted octanol–water partition coefficient (Wildman–Crippen LogP) is 1.50. The first-order valence-corrected chi connectivity index (χ1v) is 7.35. The van der Waals surface area contributed by atoms with Crippen molar-refractivity contribution in [3.63, 3.8) is 0 Å². The van der Waals surface area contributed by atoms with E-state index in [1.54, 1.807) is 0 Å². The van der Waals surface area contributed by atoms with E-state index >= 15 is 0 Å². The summed E-state index contributed by atoms with van der Waals surface area (Å²) in [7, 11) is 2.30. The van der Waals surface area contributed by atoms with Gasteiger partial charge in [0.2, 0.25) is 0 Å². The lowest BCUT2D eigenvalue weighted by Crippen LogP contribution is -2.42. The lowest BCUT2D eigenvalue weighted by molar-refractivity contribution is 0.133. The standard InChI is InChI=1S/C12H20N4S/c1-16-11-2-3-12(16)5-9(4-11)6-13-7-10-8-17-15-14-10/h8-9,11-13H,2-7H2,1H3. The van der Waals surface area contributed by atoms with Gasteiger partial charge in [-0.25, -0.2) is 0 Å².